The first-order chi connectivity index (χ1) is 9.49. The second-order valence-corrected chi connectivity index (χ2v) is 5.44. The minimum absolute atomic E-state index is 0.236. The minimum atomic E-state index is -0.236. The van der Waals surface area contributed by atoms with E-state index in [1.807, 2.05) is 18.5 Å². The van der Waals surface area contributed by atoms with Crippen molar-refractivity contribution in [2.75, 3.05) is 6.54 Å². The Hall–Kier alpha value is -1.63. The van der Waals surface area contributed by atoms with Gasteiger partial charge in [-0.05, 0) is 43.1 Å². The maximum absolute atomic E-state index is 11.7. The van der Waals surface area contributed by atoms with Crippen LogP contribution in [-0.2, 0) is 6.54 Å². The van der Waals surface area contributed by atoms with Crippen molar-refractivity contribution in [3.63, 3.8) is 0 Å². The fraction of sp³-hybridized carbons (Fsp3) is 0.462. The van der Waals surface area contributed by atoms with Crippen LogP contribution in [0.1, 0.15) is 34.1 Å². The van der Waals surface area contributed by atoms with E-state index in [1.165, 1.54) is 0 Å². The Kier molecular flexibility index (Phi) is 4.59. The lowest BCUT2D eigenvalue weighted by molar-refractivity contribution is 0.0915. The van der Waals surface area contributed by atoms with Crippen LogP contribution in [0.4, 0.5) is 0 Å². The highest BCUT2D eigenvalue weighted by Gasteiger charge is 2.11. The Morgan fingerprint density at radius 3 is 2.75 bits per heavy atom. The van der Waals surface area contributed by atoms with Gasteiger partial charge in [0.15, 0.2) is 0 Å². The fourth-order valence-corrected chi connectivity index (χ4v) is 2.17. The minimum Gasteiger partial charge on any atom is -0.351 e. The lowest BCUT2D eigenvalue weighted by Gasteiger charge is -2.05. The number of aromatic nitrogens is 3. The molecular weight excluding hydrogens is 324 g/mol. The number of halogens is 1. The highest BCUT2D eigenvalue weighted by molar-refractivity contribution is 9.10. The van der Waals surface area contributed by atoms with Gasteiger partial charge in [-0.1, -0.05) is 5.16 Å². The molecule has 7 heteroatoms. The third-order valence-electron chi connectivity index (χ3n) is 2.98. The first-order valence-corrected chi connectivity index (χ1v) is 7.19. The van der Waals surface area contributed by atoms with Crippen molar-refractivity contribution in [1.29, 1.82) is 0 Å². The van der Waals surface area contributed by atoms with Crippen molar-refractivity contribution in [1.82, 2.24) is 20.3 Å². The molecule has 2 aromatic heterocycles. The Balaban J connectivity index is 1.79. The zero-order chi connectivity index (χ0) is 14.7. The van der Waals surface area contributed by atoms with Crippen LogP contribution < -0.4 is 5.32 Å². The molecule has 0 saturated heterocycles. The van der Waals surface area contributed by atoms with Gasteiger partial charge in [0.05, 0.1) is 15.9 Å². The van der Waals surface area contributed by atoms with Crippen molar-refractivity contribution in [2.24, 2.45) is 0 Å². The summed E-state index contributed by atoms with van der Waals surface area (Å²) < 4.78 is 7.87. The molecule has 20 heavy (non-hydrogen) atoms. The Morgan fingerprint density at radius 2 is 2.20 bits per heavy atom. The number of hydrogen-bond acceptors (Lipinski definition) is 4. The van der Waals surface area contributed by atoms with Crippen molar-refractivity contribution in [3.05, 3.63) is 33.4 Å². The third kappa shape index (κ3) is 3.27. The number of amides is 1. The molecule has 108 valence electrons. The van der Waals surface area contributed by atoms with E-state index >= 15 is 0 Å². The molecule has 0 saturated carbocycles. The number of hydrogen-bond donors (Lipinski definition) is 1. The van der Waals surface area contributed by atoms with Gasteiger partial charge in [-0.2, -0.15) is 5.10 Å². The van der Waals surface area contributed by atoms with E-state index in [0.29, 0.717) is 12.2 Å². The highest BCUT2D eigenvalue weighted by Crippen LogP contribution is 2.19. The van der Waals surface area contributed by atoms with Crippen molar-refractivity contribution >= 4 is 21.8 Å². The van der Waals surface area contributed by atoms with Gasteiger partial charge < -0.3 is 9.84 Å². The van der Waals surface area contributed by atoms with E-state index < -0.39 is 0 Å². The molecule has 0 fully saturated rings. The summed E-state index contributed by atoms with van der Waals surface area (Å²) in [4.78, 5) is 11.7. The molecule has 0 spiro atoms. The summed E-state index contributed by atoms with van der Waals surface area (Å²) in [5.74, 6) is 0.0107. The number of nitrogens with one attached hydrogen (secondary N) is 1. The third-order valence-corrected chi connectivity index (χ3v) is 4.12. The van der Waals surface area contributed by atoms with Crippen LogP contribution in [0.3, 0.4) is 0 Å². The Bertz CT molecular complexity index is 618. The van der Waals surface area contributed by atoms with Crippen LogP contribution >= 0.6 is 15.9 Å². The van der Waals surface area contributed by atoms with Crippen molar-refractivity contribution in [2.45, 2.75) is 33.7 Å². The molecule has 1 N–H and O–H groups in total. The van der Waals surface area contributed by atoms with Crippen LogP contribution in [0.25, 0.3) is 0 Å². The molecule has 0 aliphatic rings. The summed E-state index contributed by atoms with van der Waals surface area (Å²) >= 11 is 3.49. The molecule has 6 nitrogen and oxygen atoms in total. The monoisotopic (exact) mass is 340 g/mol. The smallest absolute Gasteiger partial charge is 0.289 e. The van der Waals surface area contributed by atoms with Gasteiger partial charge in [-0.3, -0.25) is 9.48 Å². The van der Waals surface area contributed by atoms with E-state index in [2.05, 4.69) is 31.5 Å². The maximum atomic E-state index is 11.7. The fourth-order valence-electron chi connectivity index (χ4n) is 1.88. The second kappa shape index (κ2) is 6.21. The van der Waals surface area contributed by atoms with E-state index in [-0.39, 0.29) is 11.7 Å². The highest BCUT2D eigenvalue weighted by atomic mass is 79.9. The summed E-state index contributed by atoms with van der Waals surface area (Å²) in [6.45, 7) is 7.07. The quantitative estimate of drug-likeness (QED) is 0.848. The molecule has 2 heterocycles. The van der Waals surface area contributed by atoms with Crippen LogP contribution in [0.2, 0.25) is 0 Å². The molecule has 0 aliphatic heterocycles. The standard InChI is InChI=1S/C13H17BrN4O2/c1-8-7-11(20-17-8)13(19)15-5-4-6-18-10(3)12(14)9(2)16-18/h7H,4-6H2,1-3H3,(H,15,19). The average molecular weight is 341 g/mol. The Labute approximate surface area is 125 Å². The normalized spacial score (nSPS) is 10.8. The molecule has 0 unspecified atom stereocenters. The topological polar surface area (TPSA) is 73.0 Å². The van der Waals surface area contributed by atoms with E-state index in [1.54, 1.807) is 13.0 Å². The Morgan fingerprint density at radius 1 is 1.45 bits per heavy atom. The second-order valence-electron chi connectivity index (χ2n) is 4.65. The molecule has 1 amide bonds. The lowest BCUT2D eigenvalue weighted by atomic mass is 10.3. The van der Waals surface area contributed by atoms with E-state index in [4.69, 9.17) is 4.52 Å². The van der Waals surface area contributed by atoms with E-state index in [0.717, 1.165) is 28.8 Å². The molecular formula is C13H17BrN4O2. The van der Waals surface area contributed by atoms with Crippen molar-refractivity contribution in [3.8, 4) is 0 Å². The molecule has 0 aliphatic carbocycles. The zero-order valence-corrected chi connectivity index (χ0v) is 13.3. The van der Waals surface area contributed by atoms with Crippen molar-refractivity contribution < 1.29 is 9.32 Å². The number of aryl methyl sites for hydroxylation is 3. The molecule has 0 radical (unpaired) electrons. The average Bonchev–Trinajstić information content (AvgIpc) is 2.95. The lowest BCUT2D eigenvalue weighted by Crippen LogP contribution is -2.25. The maximum Gasteiger partial charge on any atom is 0.289 e. The summed E-state index contributed by atoms with van der Waals surface area (Å²) in [5.41, 5.74) is 2.77. The molecule has 0 atom stereocenters. The van der Waals surface area contributed by atoms with Crippen LogP contribution in [-0.4, -0.2) is 27.4 Å². The van der Waals surface area contributed by atoms with Crippen LogP contribution in [0.5, 0.6) is 0 Å². The zero-order valence-electron chi connectivity index (χ0n) is 11.7. The predicted octanol–water partition coefficient (Wildman–Crippen LogP) is 2.38. The largest absolute Gasteiger partial charge is 0.351 e. The first kappa shape index (κ1) is 14.8. The van der Waals surface area contributed by atoms with Gasteiger partial charge in [0.2, 0.25) is 5.76 Å². The first-order valence-electron chi connectivity index (χ1n) is 6.40. The van der Waals surface area contributed by atoms with Gasteiger partial charge in [-0.25, -0.2) is 0 Å². The van der Waals surface area contributed by atoms with E-state index in [9.17, 15) is 4.79 Å². The van der Waals surface area contributed by atoms with Crippen LogP contribution in [0.15, 0.2) is 15.1 Å². The summed E-state index contributed by atoms with van der Waals surface area (Å²) in [5, 5.41) is 10.9. The number of rotatable bonds is 5. The number of nitrogens with zero attached hydrogens (tertiary/aromatic N) is 3. The molecule has 2 aromatic rings. The van der Waals surface area contributed by atoms with Gasteiger partial charge in [0.1, 0.15) is 0 Å². The SMILES string of the molecule is Cc1cc(C(=O)NCCCn2nc(C)c(Br)c2C)on1. The summed E-state index contributed by atoms with van der Waals surface area (Å²) in [6, 6.07) is 1.62. The summed E-state index contributed by atoms with van der Waals surface area (Å²) in [6.07, 6.45) is 0.799. The molecule has 0 bridgehead atoms. The predicted molar refractivity (Wildman–Crippen MR) is 77.6 cm³/mol. The molecule has 0 aromatic carbocycles. The number of carbonyl (C=O) groups is 1. The van der Waals surface area contributed by atoms with Gasteiger partial charge in [0, 0.05) is 24.8 Å². The summed E-state index contributed by atoms with van der Waals surface area (Å²) in [7, 11) is 0. The number of carbonyl (C=O) groups excluding carboxylic acids is 1. The van der Waals surface area contributed by atoms with Crippen LogP contribution in [0, 0.1) is 20.8 Å². The van der Waals surface area contributed by atoms with Gasteiger partial charge >= 0.3 is 0 Å². The molecule has 2 rings (SSSR count). The van der Waals surface area contributed by atoms with Gasteiger partial charge in [0.25, 0.3) is 5.91 Å². The van der Waals surface area contributed by atoms with Gasteiger partial charge in [-0.15, -0.1) is 0 Å².